The minimum Gasteiger partial charge on any atom is -0.258 e. The summed E-state index contributed by atoms with van der Waals surface area (Å²) in [6.07, 6.45) is 0.568. The highest BCUT2D eigenvalue weighted by Gasteiger charge is 2.16. The molecule has 3 aromatic carbocycles. The van der Waals surface area contributed by atoms with E-state index < -0.39 is 0 Å². The molecule has 0 aromatic heterocycles. The minimum absolute atomic E-state index is 0.188. The van der Waals surface area contributed by atoms with E-state index in [4.69, 9.17) is 0 Å². The zero-order chi connectivity index (χ0) is 13.9. The zero-order valence-corrected chi connectivity index (χ0v) is 10.8. The third kappa shape index (κ3) is 2.26. The van der Waals surface area contributed by atoms with Gasteiger partial charge in [-0.3, -0.25) is 10.1 Å². The second-order valence-electron chi connectivity index (χ2n) is 4.70. The van der Waals surface area contributed by atoms with Gasteiger partial charge >= 0.3 is 0 Å². The maximum Gasteiger partial charge on any atom is 0.273 e. The second-order valence-corrected chi connectivity index (χ2v) is 4.70. The molecular weight excluding hydrogens is 250 g/mol. The van der Waals surface area contributed by atoms with Crippen molar-refractivity contribution >= 4 is 16.5 Å². The van der Waals surface area contributed by atoms with Crippen molar-refractivity contribution in [3.8, 4) is 0 Å². The largest absolute Gasteiger partial charge is 0.273 e. The average Bonchev–Trinajstić information content (AvgIpc) is 2.48. The zero-order valence-electron chi connectivity index (χ0n) is 10.8. The fraction of sp³-hybridized carbons (Fsp3) is 0.0588. The van der Waals surface area contributed by atoms with Crippen LogP contribution >= 0.6 is 0 Å². The molecule has 0 aliphatic heterocycles. The molecule has 3 heteroatoms. The smallest absolute Gasteiger partial charge is 0.258 e. The van der Waals surface area contributed by atoms with Crippen LogP contribution in [0, 0.1) is 10.1 Å². The van der Waals surface area contributed by atoms with Crippen molar-refractivity contribution in [2.45, 2.75) is 6.42 Å². The highest BCUT2D eigenvalue weighted by Crippen LogP contribution is 2.29. The lowest BCUT2D eigenvalue weighted by Crippen LogP contribution is -1.98. The third-order valence-electron chi connectivity index (χ3n) is 3.44. The van der Waals surface area contributed by atoms with Crippen molar-refractivity contribution in [1.82, 2.24) is 0 Å². The Morgan fingerprint density at radius 2 is 1.55 bits per heavy atom. The summed E-state index contributed by atoms with van der Waals surface area (Å²) in [5.74, 6) is 0. The van der Waals surface area contributed by atoms with Crippen LogP contribution in [0.1, 0.15) is 11.1 Å². The van der Waals surface area contributed by atoms with E-state index in [9.17, 15) is 10.1 Å². The van der Waals surface area contributed by atoms with Crippen LogP contribution < -0.4 is 0 Å². The molecule has 0 saturated carbocycles. The predicted molar refractivity (Wildman–Crippen MR) is 79.9 cm³/mol. The molecule has 0 radical (unpaired) electrons. The number of fused-ring (bicyclic) bond motifs is 1. The Morgan fingerprint density at radius 3 is 2.30 bits per heavy atom. The molecule has 0 N–H and O–H groups in total. The fourth-order valence-electron chi connectivity index (χ4n) is 2.48. The number of nitro groups is 1. The van der Waals surface area contributed by atoms with Gasteiger partial charge in [-0.1, -0.05) is 54.6 Å². The van der Waals surface area contributed by atoms with Crippen LogP contribution in [0.5, 0.6) is 0 Å². The molecule has 0 heterocycles. The summed E-state index contributed by atoms with van der Waals surface area (Å²) in [6.45, 7) is 0. The van der Waals surface area contributed by atoms with Crippen LogP contribution in [0.2, 0.25) is 0 Å². The Labute approximate surface area is 116 Å². The van der Waals surface area contributed by atoms with E-state index >= 15 is 0 Å². The molecule has 3 aromatic rings. The number of hydrogen-bond donors (Lipinski definition) is 0. The molecule has 0 bridgehead atoms. The number of hydrogen-bond acceptors (Lipinski definition) is 2. The van der Waals surface area contributed by atoms with Gasteiger partial charge in [0.05, 0.1) is 4.92 Å². The Morgan fingerprint density at radius 1 is 0.850 bits per heavy atom. The lowest BCUT2D eigenvalue weighted by Gasteiger charge is -2.08. The molecule has 0 aliphatic rings. The fourth-order valence-corrected chi connectivity index (χ4v) is 2.48. The van der Waals surface area contributed by atoms with Crippen molar-refractivity contribution in [3.05, 3.63) is 88.0 Å². The summed E-state index contributed by atoms with van der Waals surface area (Å²) in [7, 11) is 0. The van der Waals surface area contributed by atoms with Crippen LogP contribution in [0.25, 0.3) is 10.8 Å². The first kappa shape index (κ1) is 12.4. The molecule has 0 aliphatic carbocycles. The highest BCUT2D eigenvalue weighted by molar-refractivity contribution is 5.89. The van der Waals surface area contributed by atoms with E-state index in [1.807, 2.05) is 60.7 Å². The van der Waals surface area contributed by atoms with Gasteiger partial charge in [0.1, 0.15) is 0 Å². The minimum atomic E-state index is -0.301. The van der Waals surface area contributed by atoms with Crippen LogP contribution in [-0.4, -0.2) is 4.92 Å². The molecule has 0 spiro atoms. The Bertz CT molecular complexity index is 766. The number of nitrogens with zero attached hydrogens (tertiary/aromatic N) is 1. The van der Waals surface area contributed by atoms with E-state index in [1.165, 1.54) is 0 Å². The molecule has 0 fully saturated rings. The average molecular weight is 263 g/mol. The molecular formula is C17H13NO2. The molecule has 0 unspecified atom stereocenters. The molecule has 0 amide bonds. The van der Waals surface area contributed by atoms with Crippen LogP contribution in [-0.2, 0) is 6.42 Å². The van der Waals surface area contributed by atoms with Gasteiger partial charge in [-0.25, -0.2) is 0 Å². The monoisotopic (exact) mass is 263 g/mol. The Hall–Kier alpha value is -2.68. The van der Waals surface area contributed by atoms with E-state index in [0.717, 1.165) is 21.9 Å². The van der Waals surface area contributed by atoms with Gasteiger partial charge in [0.2, 0.25) is 0 Å². The van der Waals surface area contributed by atoms with E-state index in [2.05, 4.69) is 0 Å². The summed E-state index contributed by atoms with van der Waals surface area (Å²) in [4.78, 5) is 11.0. The van der Waals surface area contributed by atoms with Crippen molar-refractivity contribution in [3.63, 3.8) is 0 Å². The normalized spacial score (nSPS) is 10.6. The van der Waals surface area contributed by atoms with Crippen molar-refractivity contribution in [2.24, 2.45) is 0 Å². The molecule has 3 nitrogen and oxygen atoms in total. The summed E-state index contributed by atoms with van der Waals surface area (Å²) in [6, 6.07) is 21.0. The third-order valence-corrected chi connectivity index (χ3v) is 3.44. The van der Waals surface area contributed by atoms with Gasteiger partial charge in [-0.15, -0.1) is 0 Å². The first-order valence-electron chi connectivity index (χ1n) is 6.44. The summed E-state index contributed by atoms with van der Waals surface area (Å²) in [5, 5.41) is 13.2. The standard InChI is InChI=1S/C17H13NO2/c19-18(20)17-11-10-14-8-4-5-9-15(14)16(17)12-13-6-2-1-3-7-13/h1-11H,12H2. The van der Waals surface area contributed by atoms with E-state index in [0.29, 0.717) is 6.42 Å². The van der Waals surface area contributed by atoms with E-state index in [-0.39, 0.29) is 10.6 Å². The first-order valence-corrected chi connectivity index (χ1v) is 6.44. The predicted octanol–water partition coefficient (Wildman–Crippen LogP) is 4.34. The summed E-state index contributed by atoms with van der Waals surface area (Å²) >= 11 is 0. The van der Waals surface area contributed by atoms with Gasteiger partial charge in [-0.2, -0.15) is 0 Å². The Balaban J connectivity index is 2.20. The SMILES string of the molecule is O=[N+]([O-])c1ccc2ccccc2c1Cc1ccccc1. The first-order chi connectivity index (χ1) is 9.75. The Kier molecular flexibility index (Phi) is 3.17. The lowest BCUT2D eigenvalue weighted by atomic mass is 9.97. The maximum absolute atomic E-state index is 11.3. The van der Waals surface area contributed by atoms with Gasteiger partial charge in [-0.05, 0) is 22.4 Å². The molecule has 0 atom stereocenters. The van der Waals surface area contributed by atoms with Gasteiger partial charge < -0.3 is 0 Å². The topological polar surface area (TPSA) is 43.1 Å². The van der Waals surface area contributed by atoms with Gasteiger partial charge in [0.25, 0.3) is 5.69 Å². The number of nitro benzene ring substituents is 1. The van der Waals surface area contributed by atoms with Crippen molar-refractivity contribution in [2.75, 3.05) is 0 Å². The maximum atomic E-state index is 11.3. The van der Waals surface area contributed by atoms with E-state index in [1.54, 1.807) is 6.07 Å². The second kappa shape index (κ2) is 5.13. The van der Waals surface area contributed by atoms with Crippen LogP contribution in [0.4, 0.5) is 5.69 Å². The van der Waals surface area contributed by atoms with Gasteiger partial charge in [0.15, 0.2) is 0 Å². The lowest BCUT2D eigenvalue weighted by molar-refractivity contribution is -0.385. The van der Waals surface area contributed by atoms with Crippen LogP contribution in [0.15, 0.2) is 66.7 Å². The molecule has 20 heavy (non-hydrogen) atoms. The van der Waals surface area contributed by atoms with Gasteiger partial charge in [0, 0.05) is 18.1 Å². The highest BCUT2D eigenvalue weighted by atomic mass is 16.6. The molecule has 98 valence electrons. The molecule has 0 saturated heterocycles. The molecule has 3 rings (SSSR count). The van der Waals surface area contributed by atoms with Crippen molar-refractivity contribution in [1.29, 1.82) is 0 Å². The summed E-state index contributed by atoms with van der Waals surface area (Å²) < 4.78 is 0. The number of benzene rings is 3. The van der Waals surface area contributed by atoms with Crippen molar-refractivity contribution < 1.29 is 4.92 Å². The number of rotatable bonds is 3. The van der Waals surface area contributed by atoms with Crippen LogP contribution in [0.3, 0.4) is 0 Å². The summed E-state index contributed by atoms with van der Waals surface area (Å²) in [5.41, 5.74) is 2.04. The quantitative estimate of drug-likeness (QED) is 0.521.